The number of benzene rings is 2. The number of fused-ring (bicyclic) bond motifs is 1. The number of hydrogen-bond acceptors (Lipinski definition) is 4. The fraction of sp³-hybridized carbons (Fsp3) is 0.346. The van der Waals surface area contributed by atoms with Gasteiger partial charge in [-0.15, -0.1) is 0 Å². The number of nitrogens with one attached hydrogen (secondary N) is 3. The average Bonchev–Trinajstić information content (AvgIpc) is 2.70. The molecule has 1 heterocycles. The van der Waals surface area contributed by atoms with Crippen LogP contribution in [0.3, 0.4) is 0 Å². The number of ether oxygens (including phenoxy) is 1. The molecule has 0 atom stereocenters. The number of amides is 2. The highest BCUT2D eigenvalue weighted by molar-refractivity contribution is 6.05. The molecule has 0 unspecified atom stereocenters. The summed E-state index contributed by atoms with van der Waals surface area (Å²) in [6, 6.07) is 12.6. The summed E-state index contributed by atoms with van der Waals surface area (Å²) >= 11 is 0. The fourth-order valence-corrected chi connectivity index (χ4v) is 3.57. The smallest absolute Gasteiger partial charge is 0.407 e. The number of anilines is 1. The highest BCUT2D eigenvalue weighted by Crippen LogP contribution is 2.28. The highest BCUT2D eigenvalue weighted by Gasteiger charge is 2.21. The predicted octanol–water partition coefficient (Wildman–Crippen LogP) is 5.10. The van der Waals surface area contributed by atoms with Gasteiger partial charge in [0.25, 0.3) is 5.91 Å². The molecule has 0 saturated heterocycles. The SMILES string of the molecule is CC(C)(C)OC(=O)NCc1cc(NC(=O)c2c[nH]c3ccccc3c2=O)ccc1C(C)(C)C. The Morgan fingerprint density at radius 3 is 2.36 bits per heavy atom. The minimum Gasteiger partial charge on any atom is -0.444 e. The van der Waals surface area contributed by atoms with Crippen molar-refractivity contribution >= 4 is 28.6 Å². The van der Waals surface area contributed by atoms with Gasteiger partial charge in [0.05, 0.1) is 0 Å². The molecule has 3 rings (SSSR count). The van der Waals surface area contributed by atoms with Gasteiger partial charge in [-0.25, -0.2) is 4.79 Å². The Bertz CT molecular complexity index is 1250. The number of para-hydroxylation sites is 1. The van der Waals surface area contributed by atoms with E-state index in [2.05, 4.69) is 36.4 Å². The van der Waals surface area contributed by atoms with Crippen molar-refractivity contribution < 1.29 is 14.3 Å². The van der Waals surface area contributed by atoms with Gasteiger partial charge in [0.2, 0.25) is 5.43 Å². The van der Waals surface area contributed by atoms with Crippen molar-refractivity contribution in [3.63, 3.8) is 0 Å². The summed E-state index contributed by atoms with van der Waals surface area (Å²) in [6.07, 6.45) is 0.911. The van der Waals surface area contributed by atoms with E-state index in [1.165, 1.54) is 6.20 Å². The van der Waals surface area contributed by atoms with Crippen molar-refractivity contribution in [1.82, 2.24) is 10.3 Å². The van der Waals surface area contributed by atoms with Crippen LogP contribution in [0.4, 0.5) is 10.5 Å². The second-order valence-electron chi connectivity index (χ2n) is 10.0. The second-order valence-corrected chi connectivity index (χ2v) is 10.0. The summed E-state index contributed by atoms with van der Waals surface area (Å²) in [4.78, 5) is 40.8. The van der Waals surface area contributed by atoms with Crippen LogP contribution >= 0.6 is 0 Å². The average molecular weight is 450 g/mol. The monoisotopic (exact) mass is 449 g/mol. The summed E-state index contributed by atoms with van der Waals surface area (Å²) in [6.45, 7) is 11.9. The molecule has 3 aromatic rings. The van der Waals surface area contributed by atoms with Crippen LogP contribution < -0.4 is 16.1 Å². The molecule has 2 aromatic carbocycles. The lowest BCUT2D eigenvalue weighted by molar-refractivity contribution is 0.0523. The van der Waals surface area contributed by atoms with Crippen molar-refractivity contribution in [2.24, 2.45) is 0 Å². The van der Waals surface area contributed by atoms with Crippen LogP contribution in [0.25, 0.3) is 10.9 Å². The molecule has 0 aliphatic heterocycles. The predicted molar refractivity (Wildman–Crippen MR) is 131 cm³/mol. The maximum Gasteiger partial charge on any atom is 0.407 e. The zero-order chi connectivity index (χ0) is 24.4. The molecule has 1 aromatic heterocycles. The normalized spacial score (nSPS) is 11.8. The maximum atomic E-state index is 12.9. The molecule has 3 N–H and O–H groups in total. The summed E-state index contributed by atoms with van der Waals surface area (Å²) < 4.78 is 5.33. The summed E-state index contributed by atoms with van der Waals surface area (Å²) in [5, 5.41) is 6.04. The molecular formula is C26H31N3O4. The van der Waals surface area contributed by atoms with Crippen molar-refractivity contribution in [1.29, 1.82) is 0 Å². The minimum atomic E-state index is -0.598. The topological polar surface area (TPSA) is 100 Å². The number of hydrogen-bond donors (Lipinski definition) is 3. The molecule has 0 spiro atoms. The van der Waals surface area contributed by atoms with E-state index in [1.807, 2.05) is 18.2 Å². The Morgan fingerprint density at radius 1 is 1.00 bits per heavy atom. The first kappa shape index (κ1) is 24.0. The van der Waals surface area contributed by atoms with Crippen LogP contribution in [0.5, 0.6) is 0 Å². The van der Waals surface area contributed by atoms with E-state index >= 15 is 0 Å². The van der Waals surface area contributed by atoms with Crippen LogP contribution in [0, 0.1) is 0 Å². The van der Waals surface area contributed by atoms with E-state index in [9.17, 15) is 14.4 Å². The van der Waals surface area contributed by atoms with Crippen molar-refractivity contribution in [3.8, 4) is 0 Å². The largest absolute Gasteiger partial charge is 0.444 e. The molecule has 0 fully saturated rings. The first-order valence-electron chi connectivity index (χ1n) is 10.9. The van der Waals surface area contributed by atoms with Crippen molar-refractivity contribution in [2.75, 3.05) is 5.32 Å². The third-order valence-corrected chi connectivity index (χ3v) is 5.03. The lowest BCUT2D eigenvalue weighted by Crippen LogP contribution is -2.32. The summed E-state index contributed by atoms with van der Waals surface area (Å²) in [7, 11) is 0. The van der Waals surface area contributed by atoms with Gasteiger partial charge >= 0.3 is 6.09 Å². The molecule has 2 amide bonds. The molecule has 33 heavy (non-hydrogen) atoms. The van der Waals surface area contributed by atoms with Gasteiger partial charge in [0.15, 0.2) is 0 Å². The third kappa shape index (κ3) is 6.00. The Labute approximate surface area is 193 Å². The van der Waals surface area contributed by atoms with E-state index in [-0.39, 0.29) is 23.0 Å². The first-order valence-corrected chi connectivity index (χ1v) is 10.9. The number of alkyl carbamates (subject to hydrolysis) is 1. The number of rotatable bonds is 4. The quantitative estimate of drug-likeness (QED) is 0.516. The number of carbonyl (C=O) groups is 2. The van der Waals surface area contributed by atoms with Gasteiger partial charge in [-0.3, -0.25) is 9.59 Å². The van der Waals surface area contributed by atoms with E-state index in [0.717, 1.165) is 11.1 Å². The van der Waals surface area contributed by atoms with E-state index < -0.39 is 17.6 Å². The van der Waals surface area contributed by atoms with Crippen LogP contribution in [0.2, 0.25) is 0 Å². The van der Waals surface area contributed by atoms with Crippen LogP contribution in [0.1, 0.15) is 63.0 Å². The lowest BCUT2D eigenvalue weighted by Gasteiger charge is -2.25. The molecular weight excluding hydrogens is 418 g/mol. The van der Waals surface area contributed by atoms with Gasteiger partial charge < -0.3 is 20.4 Å². The molecule has 0 aliphatic carbocycles. The minimum absolute atomic E-state index is 0.0297. The molecule has 0 radical (unpaired) electrons. The van der Waals surface area contributed by atoms with Crippen LogP contribution in [-0.4, -0.2) is 22.6 Å². The van der Waals surface area contributed by atoms with Crippen molar-refractivity contribution in [2.45, 2.75) is 59.1 Å². The molecule has 7 nitrogen and oxygen atoms in total. The standard InChI is InChI=1S/C26H31N3O4/c1-25(2,3)20-12-11-17(13-16(20)14-28-24(32)33-26(4,5)6)29-23(31)19-15-27-21-10-8-7-9-18(21)22(19)30/h7-13,15H,14H2,1-6H3,(H,27,30)(H,28,32)(H,29,31). The summed E-state index contributed by atoms with van der Waals surface area (Å²) in [5.41, 5.74) is 1.99. The molecule has 0 aliphatic rings. The molecule has 0 saturated carbocycles. The number of aromatic nitrogens is 1. The van der Waals surface area contributed by atoms with E-state index in [1.54, 1.807) is 45.0 Å². The Morgan fingerprint density at radius 2 is 1.70 bits per heavy atom. The molecule has 0 bridgehead atoms. The van der Waals surface area contributed by atoms with Crippen molar-refractivity contribution in [3.05, 3.63) is 75.6 Å². The second kappa shape index (κ2) is 9.10. The number of carbonyl (C=O) groups excluding carboxylic acids is 2. The Hall–Kier alpha value is -3.61. The van der Waals surface area contributed by atoms with E-state index in [4.69, 9.17) is 4.74 Å². The van der Waals surface area contributed by atoms with Gasteiger partial charge in [-0.2, -0.15) is 0 Å². The fourth-order valence-electron chi connectivity index (χ4n) is 3.57. The van der Waals surface area contributed by atoms with E-state index in [0.29, 0.717) is 16.6 Å². The maximum absolute atomic E-state index is 12.9. The van der Waals surface area contributed by atoms with Gasteiger partial charge in [0.1, 0.15) is 11.2 Å². The Kier molecular flexibility index (Phi) is 6.63. The molecule has 7 heteroatoms. The van der Waals surface area contributed by atoms with Crippen LogP contribution in [0.15, 0.2) is 53.5 Å². The zero-order valence-electron chi connectivity index (χ0n) is 20.0. The summed E-state index contributed by atoms with van der Waals surface area (Å²) in [5.74, 6) is -0.503. The highest BCUT2D eigenvalue weighted by atomic mass is 16.6. The number of H-pyrrole nitrogens is 1. The number of pyridine rings is 1. The third-order valence-electron chi connectivity index (χ3n) is 5.03. The number of aromatic amines is 1. The Balaban J connectivity index is 1.86. The van der Waals surface area contributed by atoms with Crippen LogP contribution in [-0.2, 0) is 16.7 Å². The van der Waals surface area contributed by atoms with Gasteiger partial charge in [-0.05, 0) is 61.6 Å². The van der Waals surface area contributed by atoms with Gasteiger partial charge in [0, 0.05) is 29.3 Å². The zero-order valence-corrected chi connectivity index (χ0v) is 20.0. The molecule has 174 valence electrons. The first-order chi connectivity index (χ1) is 15.3. The lowest BCUT2D eigenvalue weighted by atomic mass is 9.83. The van der Waals surface area contributed by atoms with Gasteiger partial charge in [-0.1, -0.05) is 39.0 Å².